The van der Waals surface area contributed by atoms with Crippen molar-refractivity contribution in [2.24, 2.45) is 5.92 Å². The molecule has 4 N–H and O–H groups in total. The van der Waals surface area contributed by atoms with Gasteiger partial charge in [-0.1, -0.05) is 6.92 Å². The molecule has 0 saturated heterocycles. The zero-order valence-corrected chi connectivity index (χ0v) is 10.3. The lowest BCUT2D eigenvalue weighted by atomic mass is 10.1. The van der Waals surface area contributed by atoms with Gasteiger partial charge in [-0.25, -0.2) is 0 Å². The van der Waals surface area contributed by atoms with Crippen LogP contribution in [-0.4, -0.2) is 35.3 Å². The van der Waals surface area contributed by atoms with Crippen LogP contribution in [0.15, 0.2) is 6.07 Å². The molecule has 0 bridgehead atoms. The number of rotatable bonds is 7. The molecule has 0 aromatic carbocycles. The molecular weight excluding hydrogens is 220 g/mol. The first-order valence-electron chi connectivity index (χ1n) is 5.69. The van der Waals surface area contributed by atoms with E-state index in [0.29, 0.717) is 17.6 Å². The van der Waals surface area contributed by atoms with Crippen molar-refractivity contribution in [3.8, 4) is 5.88 Å². The summed E-state index contributed by atoms with van der Waals surface area (Å²) in [7, 11) is 1.54. The van der Waals surface area contributed by atoms with Crippen molar-refractivity contribution in [1.82, 2.24) is 9.97 Å². The van der Waals surface area contributed by atoms with E-state index in [4.69, 9.17) is 15.6 Å². The van der Waals surface area contributed by atoms with Gasteiger partial charge >= 0.3 is 0 Å². The van der Waals surface area contributed by atoms with Crippen LogP contribution >= 0.6 is 0 Å². The second-order valence-electron chi connectivity index (χ2n) is 4.01. The molecule has 0 aliphatic heterocycles. The first kappa shape index (κ1) is 13.5. The molecule has 0 radical (unpaired) electrons. The van der Waals surface area contributed by atoms with Crippen LogP contribution in [-0.2, 0) is 0 Å². The second-order valence-corrected chi connectivity index (χ2v) is 4.01. The molecule has 1 unspecified atom stereocenters. The number of nitrogen functional groups attached to an aromatic ring is 1. The minimum atomic E-state index is 0.190. The summed E-state index contributed by atoms with van der Waals surface area (Å²) in [4.78, 5) is 7.94. The van der Waals surface area contributed by atoms with Gasteiger partial charge in [0.15, 0.2) is 0 Å². The summed E-state index contributed by atoms with van der Waals surface area (Å²) in [5, 5.41) is 12.0. The lowest BCUT2D eigenvalue weighted by Gasteiger charge is -2.09. The van der Waals surface area contributed by atoms with Gasteiger partial charge in [-0.15, -0.1) is 0 Å². The summed E-state index contributed by atoms with van der Waals surface area (Å²) in [6.07, 6.45) is 1.94. The second kappa shape index (κ2) is 6.90. The summed E-state index contributed by atoms with van der Waals surface area (Å²) in [5.41, 5.74) is 5.53. The lowest BCUT2D eigenvalue weighted by Crippen LogP contribution is -2.09. The first-order chi connectivity index (χ1) is 8.15. The molecule has 6 heteroatoms. The summed E-state index contributed by atoms with van der Waals surface area (Å²) in [6, 6.07) is 1.70. The van der Waals surface area contributed by atoms with Crippen LogP contribution in [0.5, 0.6) is 5.88 Å². The number of hydrogen-bond donors (Lipinski definition) is 3. The average molecular weight is 240 g/mol. The SMILES string of the molecule is COc1cc(NCCCC(C)CO)nc(N)n1. The largest absolute Gasteiger partial charge is 0.481 e. The Morgan fingerprint density at radius 2 is 2.29 bits per heavy atom. The van der Waals surface area contributed by atoms with Crippen LogP contribution < -0.4 is 15.8 Å². The highest BCUT2D eigenvalue weighted by molar-refractivity contribution is 5.42. The van der Waals surface area contributed by atoms with Gasteiger partial charge in [-0.3, -0.25) is 0 Å². The van der Waals surface area contributed by atoms with Gasteiger partial charge in [-0.2, -0.15) is 9.97 Å². The van der Waals surface area contributed by atoms with Crippen molar-refractivity contribution in [1.29, 1.82) is 0 Å². The zero-order chi connectivity index (χ0) is 12.7. The minimum Gasteiger partial charge on any atom is -0.481 e. The molecule has 0 spiro atoms. The van der Waals surface area contributed by atoms with Gasteiger partial charge < -0.3 is 20.9 Å². The number of aromatic nitrogens is 2. The third-order valence-electron chi connectivity index (χ3n) is 2.42. The number of nitrogens with two attached hydrogens (primary N) is 1. The van der Waals surface area contributed by atoms with Crippen LogP contribution in [0.1, 0.15) is 19.8 Å². The number of hydrogen-bond acceptors (Lipinski definition) is 6. The monoisotopic (exact) mass is 240 g/mol. The number of ether oxygens (including phenoxy) is 1. The Labute approximate surface area is 101 Å². The fourth-order valence-electron chi connectivity index (χ4n) is 1.40. The van der Waals surface area contributed by atoms with Crippen LogP contribution in [0.25, 0.3) is 0 Å². The summed E-state index contributed by atoms with van der Waals surface area (Å²) >= 11 is 0. The summed E-state index contributed by atoms with van der Waals surface area (Å²) in [6.45, 7) is 3.03. The van der Waals surface area contributed by atoms with Gasteiger partial charge in [-0.05, 0) is 18.8 Å². The molecule has 6 nitrogen and oxygen atoms in total. The highest BCUT2D eigenvalue weighted by Gasteiger charge is 2.03. The van der Waals surface area contributed by atoms with E-state index < -0.39 is 0 Å². The maximum absolute atomic E-state index is 8.88. The maximum atomic E-state index is 8.88. The fraction of sp³-hybridized carbons (Fsp3) is 0.636. The number of anilines is 2. The van der Waals surface area contributed by atoms with Gasteiger partial charge in [0.2, 0.25) is 11.8 Å². The summed E-state index contributed by atoms with van der Waals surface area (Å²) in [5.74, 6) is 1.63. The number of nitrogens with zero attached hydrogens (tertiary/aromatic N) is 2. The quantitative estimate of drug-likeness (QED) is 0.613. The van der Waals surface area contributed by atoms with Gasteiger partial charge in [0, 0.05) is 19.2 Å². The zero-order valence-electron chi connectivity index (χ0n) is 10.3. The highest BCUT2D eigenvalue weighted by Crippen LogP contribution is 2.14. The molecule has 0 saturated carbocycles. The topological polar surface area (TPSA) is 93.3 Å². The molecule has 1 aromatic rings. The lowest BCUT2D eigenvalue weighted by molar-refractivity contribution is 0.229. The van der Waals surface area contributed by atoms with Crippen molar-refractivity contribution in [2.75, 3.05) is 31.3 Å². The molecular formula is C11H20N4O2. The molecule has 1 aromatic heterocycles. The van der Waals surface area contributed by atoms with E-state index in [-0.39, 0.29) is 12.6 Å². The Morgan fingerprint density at radius 1 is 1.53 bits per heavy atom. The van der Waals surface area contributed by atoms with Crippen molar-refractivity contribution in [2.45, 2.75) is 19.8 Å². The molecule has 1 rings (SSSR count). The smallest absolute Gasteiger partial charge is 0.225 e. The number of aliphatic hydroxyl groups excluding tert-OH is 1. The van der Waals surface area contributed by atoms with Gasteiger partial charge in [0.25, 0.3) is 0 Å². The number of methoxy groups -OCH3 is 1. The third kappa shape index (κ3) is 4.86. The number of aliphatic hydroxyl groups is 1. The predicted octanol–water partition coefficient (Wildman–Crippen LogP) is 0.888. The summed E-state index contributed by atoms with van der Waals surface area (Å²) < 4.78 is 4.99. The number of nitrogens with one attached hydrogen (secondary N) is 1. The molecule has 1 atom stereocenters. The van der Waals surface area contributed by atoms with Crippen LogP contribution in [0.3, 0.4) is 0 Å². The van der Waals surface area contributed by atoms with Gasteiger partial charge in [0.05, 0.1) is 7.11 Å². The molecule has 0 amide bonds. The van der Waals surface area contributed by atoms with E-state index in [1.165, 1.54) is 7.11 Å². The Bertz CT molecular complexity index is 346. The Hall–Kier alpha value is -1.56. The van der Waals surface area contributed by atoms with Crippen molar-refractivity contribution in [3.63, 3.8) is 0 Å². The van der Waals surface area contributed by atoms with Crippen LogP contribution in [0, 0.1) is 5.92 Å². The average Bonchev–Trinajstić information content (AvgIpc) is 2.33. The molecule has 0 fully saturated rings. The highest BCUT2D eigenvalue weighted by atomic mass is 16.5. The van der Waals surface area contributed by atoms with E-state index in [0.717, 1.165) is 19.4 Å². The van der Waals surface area contributed by atoms with E-state index in [1.54, 1.807) is 6.07 Å². The maximum Gasteiger partial charge on any atom is 0.225 e. The first-order valence-corrected chi connectivity index (χ1v) is 5.69. The predicted molar refractivity (Wildman–Crippen MR) is 67.0 cm³/mol. The van der Waals surface area contributed by atoms with E-state index >= 15 is 0 Å². The molecule has 96 valence electrons. The fourth-order valence-corrected chi connectivity index (χ4v) is 1.40. The van der Waals surface area contributed by atoms with Crippen LogP contribution in [0.2, 0.25) is 0 Å². The van der Waals surface area contributed by atoms with Crippen molar-refractivity contribution < 1.29 is 9.84 Å². The normalized spacial score (nSPS) is 12.2. The van der Waals surface area contributed by atoms with Crippen molar-refractivity contribution in [3.05, 3.63) is 6.07 Å². The van der Waals surface area contributed by atoms with Crippen LogP contribution in [0.4, 0.5) is 11.8 Å². The van der Waals surface area contributed by atoms with E-state index in [2.05, 4.69) is 15.3 Å². The standard InChI is InChI=1S/C11H20N4O2/c1-8(7-16)4-3-5-13-9-6-10(17-2)15-11(12)14-9/h6,8,16H,3-5,7H2,1-2H3,(H3,12,13,14,15). The van der Waals surface area contributed by atoms with E-state index in [1.807, 2.05) is 6.92 Å². The van der Waals surface area contributed by atoms with Gasteiger partial charge in [0.1, 0.15) is 5.82 Å². The molecule has 0 aliphatic carbocycles. The third-order valence-corrected chi connectivity index (χ3v) is 2.42. The molecule has 1 heterocycles. The Kier molecular flexibility index (Phi) is 5.48. The molecule has 0 aliphatic rings. The Morgan fingerprint density at radius 3 is 2.94 bits per heavy atom. The minimum absolute atomic E-state index is 0.190. The van der Waals surface area contributed by atoms with E-state index in [9.17, 15) is 0 Å². The molecule has 17 heavy (non-hydrogen) atoms. The Balaban J connectivity index is 2.38. The van der Waals surface area contributed by atoms with Crippen molar-refractivity contribution >= 4 is 11.8 Å².